The van der Waals surface area contributed by atoms with Crippen molar-refractivity contribution < 1.29 is 4.79 Å². The third-order valence-electron chi connectivity index (χ3n) is 2.72. The topological polar surface area (TPSA) is 55.1 Å². The first-order valence-electron chi connectivity index (χ1n) is 4.99. The summed E-state index contributed by atoms with van der Waals surface area (Å²) >= 11 is 4.98. The zero-order valence-corrected chi connectivity index (χ0v) is 9.78. The Morgan fingerprint density at radius 1 is 1.57 bits per heavy atom. The SMILES string of the molecule is CC1CC(C(=O)NC(C)C)(C(N)=S)C1. The Labute approximate surface area is 90.4 Å². The molecule has 0 spiro atoms. The van der Waals surface area contributed by atoms with E-state index in [2.05, 4.69) is 12.2 Å². The molecule has 4 heteroatoms. The summed E-state index contributed by atoms with van der Waals surface area (Å²) in [7, 11) is 0. The maximum absolute atomic E-state index is 11.9. The molecule has 0 aliphatic heterocycles. The highest BCUT2D eigenvalue weighted by atomic mass is 32.1. The molecule has 0 radical (unpaired) electrons. The molecule has 3 nitrogen and oxygen atoms in total. The summed E-state index contributed by atoms with van der Waals surface area (Å²) in [6.07, 6.45) is 1.59. The molecule has 0 atom stereocenters. The van der Waals surface area contributed by atoms with Gasteiger partial charge in [0.25, 0.3) is 0 Å². The maximum Gasteiger partial charge on any atom is 0.233 e. The van der Waals surface area contributed by atoms with Crippen LogP contribution in [-0.2, 0) is 4.79 Å². The summed E-state index contributed by atoms with van der Waals surface area (Å²) in [5, 5.41) is 2.88. The number of thiocarbonyl (C=S) groups is 1. The smallest absolute Gasteiger partial charge is 0.233 e. The van der Waals surface area contributed by atoms with Gasteiger partial charge in [-0.2, -0.15) is 0 Å². The zero-order chi connectivity index (χ0) is 10.9. The minimum absolute atomic E-state index is 0.00176. The molecule has 1 saturated carbocycles. The highest BCUT2D eigenvalue weighted by molar-refractivity contribution is 7.80. The van der Waals surface area contributed by atoms with E-state index < -0.39 is 5.41 Å². The number of nitrogens with two attached hydrogens (primary N) is 1. The highest BCUT2D eigenvalue weighted by Gasteiger charge is 2.50. The highest BCUT2D eigenvalue weighted by Crippen LogP contribution is 2.45. The van der Waals surface area contributed by atoms with Crippen molar-refractivity contribution in [3.8, 4) is 0 Å². The second kappa shape index (κ2) is 3.85. The first kappa shape index (κ1) is 11.4. The fraction of sp³-hybridized carbons (Fsp3) is 0.800. The van der Waals surface area contributed by atoms with Gasteiger partial charge in [0, 0.05) is 6.04 Å². The zero-order valence-electron chi connectivity index (χ0n) is 8.96. The molecule has 0 bridgehead atoms. The second-order valence-corrected chi connectivity index (χ2v) is 5.03. The number of carbonyl (C=O) groups excluding carboxylic acids is 1. The summed E-state index contributed by atoms with van der Waals surface area (Å²) in [5.74, 6) is 0.549. The van der Waals surface area contributed by atoms with Gasteiger partial charge in [-0.05, 0) is 32.6 Å². The Hall–Kier alpha value is -0.640. The Balaban J connectivity index is 2.70. The van der Waals surface area contributed by atoms with E-state index >= 15 is 0 Å². The first-order chi connectivity index (χ1) is 6.38. The van der Waals surface area contributed by atoms with E-state index in [1.54, 1.807) is 0 Å². The van der Waals surface area contributed by atoms with E-state index in [4.69, 9.17) is 18.0 Å². The van der Waals surface area contributed by atoms with Gasteiger partial charge < -0.3 is 11.1 Å². The standard InChI is InChI=1S/C10H18N2OS/c1-6(2)12-9(13)10(8(11)14)4-7(3)5-10/h6-7H,4-5H2,1-3H3,(H2,11,14)(H,12,13). The van der Waals surface area contributed by atoms with Crippen LogP contribution in [0.4, 0.5) is 0 Å². The van der Waals surface area contributed by atoms with Crippen molar-refractivity contribution in [1.29, 1.82) is 0 Å². The molecule has 0 aromatic carbocycles. The minimum Gasteiger partial charge on any atom is -0.392 e. The van der Waals surface area contributed by atoms with Gasteiger partial charge in [-0.1, -0.05) is 19.1 Å². The molecular formula is C10H18N2OS. The lowest BCUT2D eigenvalue weighted by molar-refractivity contribution is -0.133. The lowest BCUT2D eigenvalue weighted by atomic mass is 9.62. The molecule has 1 amide bonds. The van der Waals surface area contributed by atoms with E-state index in [9.17, 15) is 4.79 Å². The minimum atomic E-state index is -0.557. The van der Waals surface area contributed by atoms with Crippen LogP contribution in [0.15, 0.2) is 0 Å². The molecule has 1 aliphatic rings. The average Bonchev–Trinajstić information content (AvgIpc) is 1.95. The Bertz CT molecular complexity index is 257. The Morgan fingerprint density at radius 3 is 2.36 bits per heavy atom. The first-order valence-corrected chi connectivity index (χ1v) is 5.40. The van der Waals surface area contributed by atoms with E-state index in [0.29, 0.717) is 10.9 Å². The van der Waals surface area contributed by atoms with Crippen LogP contribution in [0.3, 0.4) is 0 Å². The van der Waals surface area contributed by atoms with Crippen molar-refractivity contribution in [1.82, 2.24) is 5.32 Å². The van der Waals surface area contributed by atoms with Gasteiger partial charge in [-0.3, -0.25) is 4.79 Å². The van der Waals surface area contributed by atoms with E-state index in [1.165, 1.54) is 0 Å². The molecule has 0 aromatic heterocycles. The van der Waals surface area contributed by atoms with Gasteiger partial charge in [-0.25, -0.2) is 0 Å². The van der Waals surface area contributed by atoms with Crippen molar-refractivity contribution in [3.05, 3.63) is 0 Å². The van der Waals surface area contributed by atoms with E-state index in [-0.39, 0.29) is 11.9 Å². The van der Waals surface area contributed by atoms with Gasteiger partial charge in [0.15, 0.2) is 0 Å². The predicted molar refractivity (Wildman–Crippen MR) is 60.9 cm³/mol. The number of rotatable bonds is 3. The van der Waals surface area contributed by atoms with Crippen molar-refractivity contribution >= 4 is 23.1 Å². The second-order valence-electron chi connectivity index (χ2n) is 4.59. The molecule has 14 heavy (non-hydrogen) atoms. The summed E-state index contributed by atoms with van der Waals surface area (Å²) < 4.78 is 0. The largest absolute Gasteiger partial charge is 0.392 e. The molecule has 0 heterocycles. The molecule has 3 N–H and O–H groups in total. The van der Waals surface area contributed by atoms with Crippen molar-refractivity contribution in [2.24, 2.45) is 17.1 Å². The quantitative estimate of drug-likeness (QED) is 0.694. The molecule has 1 fully saturated rings. The van der Waals surface area contributed by atoms with Crippen molar-refractivity contribution in [2.45, 2.75) is 39.7 Å². The number of hydrogen-bond donors (Lipinski definition) is 2. The fourth-order valence-electron chi connectivity index (χ4n) is 2.03. The van der Waals surface area contributed by atoms with Gasteiger partial charge in [-0.15, -0.1) is 0 Å². The maximum atomic E-state index is 11.9. The Kier molecular flexibility index (Phi) is 3.14. The predicted octanol–water partition coefficient (Wildman–Crippen LogP) is 1.21. The lowest BCUT2D eigenvalue weighted by Crippen LogP contribution is -2.57. The fourth-order valence-corrected chi connectivity index (χ4v) is 2.29. The van der Waals surface area contributed by atoms with Crippen LogP contribution in [0.1, 0.15) is 33.6 Å². The molecular weight excluding hydrogens is 196 g/mol. The normalized spacial score (nSPS) is 31.0. The van der Waals surface area contributed by atoms with E-state index in [0.717, 1.165) is 12.8 Å². The lowest BCUT2D eigenvalue weighted by Gasteiger charge is -2.44. The average molecular weight is 214 g/mol. The molecule has 0 aromatic rings. The summed E-state index contributed by atoms with van der Waals surface area (Å²) in [4.78, 5) is 12.2. The summed E-state index contributed by atoms with van der Waals surface area (Å²) in [6.45, 7) is 5.99. The van der Waals surface area contributed by atoms with Crippen LogP contribution >= 0.6 is 12.2 Å². The van der Waals surface area contributed by atoms with Gasteiger partial charge in [0.05, 0.1) is 10.4 Å². The third kappa shape index (κ3) is 1.90. The van der Waals surface area contributed by atoms with Crippen LogP contribution in [0.2, 0.25) is 0 Å². The molecule has 1 aliphatic carbocycles. The van der Waals surface area contributed by atoms with E-state index in [1.807, 2.05) is 13.8 Å². The molecule has 0 unspecified atom stereocenters. The van der Waals surface area contributed by atoms with Crippen LogP contribution in [-0.4, -0.2) is 16.9 Å². The van der Waals surface area contributed by atoms with Crippen LogP contribution in [0.25, 0.3) is 0 Å². The number of amides is 1. The third-order valence-corrected chi connectivity index (χ3v) is 3.11. The van der Waals surface area contributed by atoms with Gasteiger partial charge in [0.1, 0.15) is 0 Å². The summed E-state index contributed by atoms with van der Waals surface area (Å²) in [6, 6.07) is 0.143. The number of carbonyl (C=O) groups is 1. The van der Waals surface area contributed by atoms with Crippen LogP contribution < -0.4 is 11.1 Å². The van der Waals surface area contributed by atoms with Crippen molar-refractivity contribution in [2.75, 3.05) is 0 Å². The number of nitrogens with one attached hydrogen (secondary N) is 1. The van der Waals surface area contributed by atoms with Crippen molar-refractivity contribution in [3.63, 3.8) is 0 Å². The Morgan fingerprint density at radius 2 is 2.07 bits per heavy atom. The van der Waals surface area contributed by atoms with Gasteiger partial charge >= 0.3 is 0 Å². The molecule has 1 rings (SSSR count). The molecule has 0 saturated heterocycles. The van der Waals surface area contributed by atoms with Gasteiger partial charge in [0.2, 0.25) is 5.91 Å². The monoisotopic (exact) mass is 214 g/mol. The van der Waals surface area contributed by atoms with Crippen LogP contribution in [0, 0.1) is 11.3 Å². The van der Waals surface area contributed by atoms with Crippen LogP contribution in [0.5, 0.6) is 0 Å². The summed E-state index contributed by atoms with van der Waals surface area (Å²) in [5.41, 5.74) is 5.09. The molecule has 80 valence electrons. The number of hydrogen-bond acceptors (Lipinski definition) is 2.